The maximum atomic E-state index is 12.9. The number of pyridine rings is 1. The van der Waals surface area contributed by atoms with Crippen LogP contribution >= 0.6 is 11.3 Å². The summed E-state index contributed by atoms with van der Waals surface area (Å²) in [6, 6.07) is 12.6. The van der Waals surface area contributed by atoms with E-state index in [4.69, 9.17) is 0 Å². The summed E-state index contributed by atoms with van der Waals surface area (Å²) in [4.78, 5) is 47.6. The van der Waals surface area contributed by atoms with Crippen molar-refractivity contribution >= 4 is 34.2 Å². The fourth-order valence-corrected chi connectivity index (χ4v) is 3.76. The van der Waals surface area contributed by atoms with E-state index in [-0.39, 0.29) is 36.7 Å². The van der Waals surface area contributed by atoms with E-state index >= 15 is 0 Å². The van der Waals surface area contributed by atoms with Crippen molar-refractivity contribution in [3.05, 3.63) is 76.6 Å². The zero-order valence-electron chi connectivity index (χ0n) is 18.9. The molecule has 0 radical (unpaired) electrons. The van der Waals surface area contributed by atoms with Crippen LogP contribution in [-0.4, -0.2) is 45.2 Å². The fraction of sp³-hybridized carbons (Fsp3) is 0.292. The summed E-state index contributed by atoms with van der Waals surface area (Å²) in [5.41, 5.74) is 2.93. The molecule has 3 rings (SSSR count). The minimum absolute atomic E-state index is 0.0934. The Morgan fingerprint density at radius 2 is 1.79 bits per heavy atom. The maximum absolute atomic E-state index is 12.9. The molecule has 0 atom stereocenters. The van der Waals surface area contributed by atoms with Gasteiger partial charge in [0, 0.05) is 23.2 Å². The summed E-state index contributed by atoms with van der Waals surface area (Å²) in [5, 5.41) is 7.64. The van der Waals surface area contributed by atoms with Crippen LogP contribution in [0, 0.1) is 6.92 Å². The minimum Gasteiger partial charge on any atom is -0.350 e. The Morgan fingerprint density at radius 1 is 1.03 bits per heavy atom. The Morgan fingerprint density at radius 3 is 2.45 bits per heavy atom. The molecule has 0 aliphatic carbocycles. The van der Waals surface area contributed by atoms with Crippen LogP contribution in [0.3, 0.4) is 0 Å². The lowest BCUT2D eigenvalue weighted by atomic mass is 10.1. The van der Waals surface area contributed by atoms with E-state index in [1.54, 1.807) is 23.7 Å². The van der Waals surface area contributed by atoms with E-state index in [0.717, 1.165) is 11.3 Å². The molecule has 172 valence electrons. The van der Waals surface area contributed by atoms with Gasteiger partial charge in [0.1, 0.15) is 6.54 Å². The highest BCUT2D eigenvalue weighted by Crippen LogP contribution is 2.17. The molecule has 0 saturated heterocycles. The van der Waals surface area contributed by atoms with E-state index in [2.05, 4.69) is 20.6 Å². The maximum Gasteiger partial charge on any atom is 0.254 e. The molecule has 0 unspecified atom stereocenters. The van der Waals surface area contributed by atoms with Crippen molar-refractivity contribution < 1.29 is 14.4 Å². The molecule has 0 spiro atoms. The van der Waals surface area contributed by atoms with Crippen molar-refractivity contribution in [2.75, 3.05) is 11.9 Å². The van der Waals surface area contributed by atoms with Crippen LogP contribution in [0.25, 0.3) is 0 Å². The Kier molecular flexibility index (Phi) is 8.26. The number of carbonyl (C=O) groups is 3. The third kappa shape index (κ3) is 7.21. The van der Waals surface area contributed by atoms with Crippen LogP contribution in [-0.2, 0) is 22.6 Å². The predicted molar refractivity (Wildman–Crippen MR) is 128 cm³/mol. The van der Waals surface area contributed by atoms with E-state index in [9.17, 15) is 14.4 Å². The highest BCUT2D eigenvalue weighted by Gasteiger charge is 2.22. The van der Waals surface area contributed by atoms with Gasteiger partial charge in [0.2, 0.25) is 11.8 Å². The molecule has 2 N–H and O–H groups in total. The first-order valence-electron chi connectivity index (χ1n) is 10.6. The standard InChI is InChI=1S/C24H27N5O3S/c1-16(2)29(23(32)18-9-7-17(3)8-10-18)14-22(31)28-24-27-20(15-33-24)12-21(30)26-13-19-6-4-5-11-25-19/h4-11,15-16H,12-14H2,1-3H3,(H,26,30)(H,27,28,31). The lowest BCUT2D eigenvalue weighted by molar-refractivity contribution is -0.120. The average molecular weight is 466 g/mol. The van der Waals surface area contributed by atoms with E-state index < -0.39 is 0 Å². The Hall–Kier alpha value is -3.59. The molecule has 3 aromatic rings. The van der Waals surface area contributed by atoms with Crippen molar-refractivity contribution in [3.8, 4) is 0 Å². The predicted octanol–water partition coefficient (Wildman–Crippen LogP) is 3.19. The van der Waals surface area contributed by atoms with Gasteiger partial charge in [-0.3, -0.25) is 19.4 Å². The van der Waals surface area contributed by atoms with Gasteiger partial charge in [0.05, 0.1) is 24.4 Å². The number of thiazole rings is 1. The van der Waals surface area contributed by atoms with Gasteiger partial charge < -0.3 is 15.5 Å². The minimum atomic E-state index is -0.343. The second-order valence-electron chi connectivity index (χ2n) is 7.86. The lowest BCUT2D eigenvalue weighted by Gasteiger charge is -2.26. The molecule has 8 nitrogen and oxygen atoms in total. The highest BCUT2D eigenvalue weighted by atomic mass is 32.1. The van der Waals surface area contributed by atoms with Gasteiger partial charge in [-0.15, -0.1) is 11.3 Å². The molecular formula is C24H27N5O3S. The first-order valence-corrected chi connectivity index (χ1v) is 11.5. The Labute approximate surface area is 197 Å². The average Bonchev–Trinajstić information content (AvgIpc) is 3.23. The first kappa shape index (κ1) is 24.1. The largest absolute Gasteiger partial charge is 0.350 e. The zero-order valence-corrected chi connectivity index (χ0v) is 19.7. The molecule has 0 bridgehead atoms. The van der Waals surface area contributed by atoms with Gasteiger partial charge in [-0.1, -0.05) is 23.8 Å². The van der Waals surface area contributed by atoms with E-state index in [0.29, 0.717) is 22.9 Å². The van der Waals surface area contributed by atoms with Crippen molar-refractivity contribution in [2.24, 2.45) is 0 Å². The molecule has 2 aromatic heterocycles. The number of nitrogens with one attached hydrogen (secondary N) is 2. The number of amides is 3. The van der Waals surface area contributed by atoms with Gasteiger partial charge in [-0.2, -0.15) is 0 Å². The number of anilines is 1. The monoisotopic (exact) mass is 465 g/mol. The number of carbonyl (C=O) groups excluding carboxylic acids is 3. The summed E-state index contributed by atoms with van der Waals surface area (Å²) in [5.74, 6) is -0.729. The Bertz CT molecular complexity index is 1100. The summed E-state index contributed by atoms with van der Waals surface area (Å²) >= 11 is 1.24. The summed E-state index contributed by atoms with van der Waals surface area (Å²) in [7, 11) is 0. The summed E-state index contributed by atoms with van der Waals surface area (Å²) in [6.45, 7) is 5.93. The van der Waals surface area contributed by atoms with Gasteiger partial charge in [0.15, 0.2) is 5.13 Å². The van der Waals surface area contributed by atoms with E-state index in [1.807, 2.05) is 51.1 Å². The first-order chi connectivity index (χ1) is 15.8. The smallest absolute Gasteiger partial charge is 0.254 e. The Balaban J connectivity index is 1.52. The van der Waals surface area contributed by atoms with Crippen LogP contribution in [0.2, 0.25) is 0 Å². The number of benzene rings is 1. The molecule has 0 aliphatic rings. The van der Waals surface area contributed by atoms with Crippen molar-refractivity contribution in [2.45, 2.75) is 39.8 Å². The molecule has 1 aromatic carbocycles. The fourth-order valence-electron chi connectivity index (χ4n) is 3.03. The molecule has 33 heavy (non-hydrogen) atoms. The molecule has 2 heterocycles. The number of hydrogen-bond acceptors (Lipinski definition) is 6. The third-order valence-electron chi connectivity index (χ3n) is 4.83. The van der Waals surface area contributed by atoms with Gasteiger partial charge in [-0.25, -0.2) is 4.98 Å². The van der Waals surface area contributed by atoms with Crippen molar-refractivity contribution in [3.63, 3.8) is 0 Å². The second-order valence-corrected chi connectivity index (χ2v) is 8.72. The van der Waals surface area contributed by atoms with Crippen LogP contribution in [0.4, 0.5) is 5.13 Å². The topological polar surface area (TPSA) is 104 Å². The molecule has 3 amide bonds. The molecule has 0 fully saturated rings. The summed E-state index contributed by atoms with van der Waals surface area (Å²) in [6.07, 6.45) is 1.77. The summed E-state index contributed by atoms with van der Waals surface area (Å²) < 4.78 is 0. The number of nitrogens with zero attached hydrogens (tertiary/aromatic N) is 3. The molecule has 0 aliphatic heterocycles. The molecule has 9 heteroatoms. The van der Waals surface area contributed by atoms with Crippen molar-refractivity contribution in [1.82, 2.24) is 20.2 Å². The number of hydrogen-bond donors (Lipinski definition) is 2. The van der Waals surface area contributed by atoms with Gasteiger partial charge >= 0.3 is 0 Å². The zero-order chi connectivity index (χ0) is 23.8. The molecular weight excluding hydrogens is 438 g/mol. The third-order valence-corrected chi connectivity index (χ3v) is 5.64. The number of aryl methyl sites for hydroxylation is 1. The van der Waals surface area contributed by atoms with Crippen LogP contribution in [0.1, 0.15) is 41.2 Å². The van der Waals surface area contributed by atoms with Crippen LogP contribution in [0.5, 0.6) is 0 Å². The number of rotatable bonds is 9. The van der Waals surface area contributed by atoms with E-state index in [1.165, 1.54) is 16.2 Å². The van der Waals surface area contributed by atoms with Crippen LogP contribution in [0.15, 0.2) is 54.0 Å². The highest BCUT2D eigenvalue weighted by molar-refractivity contribution is 7.13. The SMILES string of the molecule is Cc1ccc(C(=O)N(CC(=O)Nc2nc(CC(=O)NCc3ccccn3)cs2)C(C)C)cc1. The van der Waals surface area contributed by atoms with Crippen LogP contribution < -0.4 is 10.6 Å². The molecule has 0 saturated carbocycles. The number of aromatic nitrogens is 2. The van der Waals surface area contributed by atoms with Gasteiger partial charge in [-0.05, 0) is 45.0 Å². The van der Waals surface area contributed by atoms with Crippen molar-refractivity contribution in [1.29, 1.82) is 0 Å². The normalized spacial score (nSPS) is 10.7. The van der Waals surface area contributed by atoms with Gasteiger partial charge in [0.25, 0.3) is 5.91 Å². The quantitative estimate of drug-likeness (QED) is 0.505. The lowest BCUT2D eigenvalue weighted by Crippen LogP contribution is -2.42. The second kappa shape index (κ2) is 11.3.